The number of hydrogen-bond acceptors (Lipinski definition) is 1. The fourth-order valence-corrected chi connectivity index (χ4v) is 0. The van der Waals surface area contributed by atoms with E-state index in [0.717, 1.165) is 0 Å². The summed E-state index contributed by atoms with van der Waals surface area (Å²) in [6.07, 6.45) is -3.69. The molecule has 0 atom stereocenters. The average Bonchev–Trinajstić information content (AvgIpc) is 0.722. The molecule has 0 saturated heterocycles. The van der Waals surface area contributed by atoms with Crippen molar-refractivity contribution in [2.45, 2.75) is 0 Å². The minimum atomic E-state index is -3.69. The second-order valence-corrected chi connectivity index (χ2v) is 4.57. The second-order valence-electron chi connectivity index (χ2n) is 0.435. The molecule has 0 rings (SSSR count). The highest BCUT2D eigenvalue weighted by molar-refractivity contribution is 8.93. The second kappa shape index (κ2) is 3.28. The van der Waals surface area contributed by atoms with Crippen LogP contribution in [0, 0.1) is 0 Å². The van der Waals surface area contributed by atoms with Crippen LogP contribution < -0.4 is 0 Å². The van der Waals surface area contributed by atoms with Crippen molar-refractivity contribution in [3.63, 3.8) is 0 Å². The molecule has 40 valence electrons. The van der Waals surface area contributed by atoms with Crippen LogP contribution in [0.15, 0.2) is 0 Å². The first-order chi connectivity index (χ1) is 2.00. The quantitative estimate of drug-likeness (QED) is 0.629. The molecule has 6 heteroatoms. The largest absolute Gasteiger partial charge is 0.377 e. The summed E-state index contributed by atoms with van der Waals surface area (Å²) in [6.45, 7) is 0. The van der Waals surface area contributed by atoms with E-state index in [9.17, 15) is 4.57 Å². The Morgan fingerprint density at radius 2 is 1.50 bits per heavy atom. The van der Waals surface area contributed by atoms with Crippen LogP contribution in [0.25, 0.3) is 0 Å². The standard InChI is InChI=1S/BrH.Cl2HO2P/c;1-5(2,3)4/h1H;(H,3,4). The fourth-order valence-electron chi connectivity index (χ4n) is 0. The van der Waals surface area contributed by atoms with E-state index in [1.807, 2.05) is 0 Å². The van der Waals surface area contributed by atoms with E-state index in [1.165, 1.54) is 0 Å². The molecule has 0 aromatic carbocycles. The van der Waals surface area contributed by atoms with Gasteiger partial charge in [0.15, 0.2) is 0 Å². The highest BCUT2D eigenvalue weighted by Crippen LogP contribution is 2.51. The van der Waals surface area contributed by atoms with Gasteiger partial charge in [-0.1, -0.05) is 0 Å². The van der Waals surface area contributed by atoms with Gasteiger partial charge >= 0.3 is 6.07 Å². The lowest BCUT2D eigenvalue weighted by atomic mass is 15.9. The van der Waals surface area contributed by atoms with Crippen molar-refractivity contribution in [1.82, 2.24) is 0 Å². The van der Waals surface area contributed by atoms with Crippen LogP contribution in [0.1, 0.15) is 0 Å². The van der Waals surface area contributed by atoms with Gasteiger partial charge in [-0.25, -0.2) is 0 Å². The number of hydrogen-bond donors (Lipinski definition) is 1. The Bertz CT molecular complexity index is 57.7. The van der Waals surface area contributed by atoms with Gasteiger partial charge in [0, 0.05) is 0 Å². The normalized spacial score (nSPS) is 9.83. The fraction of sp³-hybridized carbons (Fsp3) is 0. The molecule has 0 aliphatic carbocycles. The van der Waals surface area contributed by atoms with Gasteiger partial charge in [0.1, 0.15) is 0 Å². The molecule has 2 nitrogen and oxygen atoms in total. The first-order valence-electron chi connectivity index (χ1n) is 0.721. The summed E-state index contributed by atoms with van der Waals surface area (Å²) in [5.41, 5.74) is 0. The van der Waals surface area contributed by atoms with Gasteiger partial charge in [-0.3, -0.25) is 4.57 Å². The Balaban J connectivity index is 0. The Kier molecular flexibility index (Phi) is 5.61. The highest BCUT2D eigenvalue weighted by Gasteiger charge is 2.02. The molecular formula is H2BrCl2O2P. The van der Waals surface area contributed by atoms with Gasteiger partial charge in [-0.05, 0) is 22.5 Å². The highest BCUT2D eigenvalue weighted by atomic mass is 79.9. The zero-order valence-electron chi connectivity index (χ0n) is 2.47. The van der Waals surface area contributed by atoms with Crippen molar-refractivity contribution < 1.29 is 9.46 Å². The van der Waals surface area contributed by atoms with Crippen LogP contribution in [-0.2, 0) is 4.57 Å². The lowest BCUT2D eigenvalue weighted by molar-refractivity contribution is 0.512. The summed E-state index contributed by atoms with van der Waals surface area (Å²) in [7, 11) is 0. The third kappa shape index (κ3) is 60.7. The topological polar surface area (TPSA) is 37.3 Å². The van der Waals surface area contributed by atoms with Crippen LogP contribution in [-0.4, -0.2) is 4.89 Å². The zero-order chi connectivity index (χ0) is 4.50. The molecule has 0 aromatic heterocycles. The molecule has 0 aliphatic heterocycles. The van der Waals surface area contributed by atoms with E-state index >= 15 is 0 Å². The predicted octanol–water partition coefficient (Wildman–Crippen LogP) is 2.14. The first kappa shape index (κ1) is 10.3. The first-order valence-corrected chi connectivity index (χ1v) is 4.19. The van der Waals surface area contributed by atoms with Gasteiger partial charge in [-0.2, -0.15) is 0 Å². The van der Waals surface area contributed by atoms with Gasteiger partial charge in [-0.15, -0.1) is 17.0 Å². The van der Waals surface area contributed by atoms with E-state index in [1.54, 1.807) is 0 Å². The molecule has 0 fully saturated rings. The number of rotatable bonds is 0. The zero-order valence-corrected chi connectivity index (χ0v) is 6.59. The van der Waals surface area contributed by atoms with Crippen LogP contribution in [0.5, 0.6) is 0 Å². The van der Waals surface area contributed by atoms with Gasteiger partial charge in [0.25, 0.3) is 0 Å². The summed E-state index contributed by atoms with van der Waals surface area (Å²) in [6, 6.07) is 0. The lowest BCUT2D eigenvalue weighted by Crippen LogP contribution is -1.39. The molecule has 0 aliphatic rings. The summed E-state index contributed by atoms with van der Waals surface area (Å²) >= 11 is 8.81. The van der Waals surface area contributed by atoms with E-state index in [-0.39, 0.29) is 17.0 Å². The predicted molar refractivity (Wildman–Crippen MR) is 31.9 cm³/mol. The Labute approximate surface area is 55.2 Å². The molecule has 0 bridgehead atoms. The van der Waals surface area contributed by atoms with E-state index in [2.05, 4.69) is 22.5 Å². The van der Waals surface area contributed by atoms with Crippen molar-refractivity contribution in [3.8, 4) is 0 Å². The average molecular weight is 216 g/mol. The molecule has 0 radical (unpaired) electrons. The molecule has 0 amide bonds. The van der Waals surface area contributed by atoms with Crippen molar-refractivity contribution >= 4 is 45.5 Å². The van der Waals surface area contributed by atoms with Gasteiger partial charge in [0.05, 0.1) is 0 Å². The Hall–Kier alpha value is 1.25. The van der Waals surface area contributed by atoms with Gasteiger partial charge < -0.3 is 4.89 Å². The van der Waals surface area contributed by atoms with Crippen molar-refractivity contribution in [2.24, 2.45) is 0 Å². The minimum Gasteiger partial charge on any atom is -0.322 e. The molecule has 0 unspecified atom stereocenters. The van der Waals surface area contributed by atoms with E-state index in [0.29, 0.717) is 0 Å². The lowest BCUT2D eigenvalue weighted by Gasteiger charge is -1.77. The molecule has 0 spiro atoms. The molecule has 0 heterocycles. The van der Waals surface area contributed by atoms with Crippen molar-refractivity contribution in [2.75, 3.05) is 0 Å². The van der Waals surface area contributed by atoms with E-state index < -0.39 is 6.07 Å². The summed E-state index contributed by atoms with van der Waals surface area (Å²) in [5, 5.41) is 0. The minimum absolute atomic E-state index is 0. The molecule has 1 N–H and O–H groups in total. The molecular weight excluding hydrogens is 214 g/mol. The Morgan fingerprint density at radius 1 is 1.50 bits per heavy atom. The SMILES string of the molecule is Br.O=P(O)(Cl)Cl. The molecule has 0 saturated carbocycles. The smallest absolute Gasteiger partial charge is 0.322 e. The van der Waals surface area contributed by atoms with Crippen LogP contribution in [0.2, 0.25) is 0 Å². The molecule has 0 aromatic rings. The van der Waals surface area contributed by atoms with Crippen LogP contribution in [0.4, 0.5) is 0 Å². The van der Waals surface area contributed by atoms with Crippen LogP contribution >= 0.6 is 45.5 Å². The summed E-state index contributed by atoms with van der Waals surface area (Å²) in [4.78, 5) is 7.61. The Morgan fingerprint density at radius 3 is 1.50 bits per heavy atom. The summed E-state index contributed by atoms with van der Waals surface area (Å²) in [5.74, 6) is 0. The number of halogens is 3. The van der Waals surface area contributed by atoms with Gasteiger partial charge in [0.2, 0.25) is 0 Å². The third-order valence-electron chi connectivity index (χ3n) is 0. The molecule has 6 heavy (non-hydrogen) atoms. The van der Waals surface area contributed by atoms with E-state index in [4.69, 9.17) is 4.89 Å². The van der Waals surface area contributed by atoms with Crippen molar-refractivity contribution in [1.29, 1.82) is 0 Å². The van der Waals surface area contributed by atoms with Crippen molar-refractivity contribution in [3.05, 3.63) is 0 Å². The maximum absolute atomic E-state index is 9.30. The van der Waals surface area contributed by atoms with Crippen LogP contribution in [0.3, 0.4) is 0 Å². The third-order valence-corrected chi connectivity index (χ3v) is 0. The summed E-state index contributed by atoms with van der Waals surface area (Å²) < 4.78 is 9.30. The maximum Gasteiger partial charge on any atom is 0.377 e. The monoisotopic (exact) mass is 214 g/mol. The maximum atomic E-state index is 9.30.